The van der Waals surface area contributed by atoms with Crippen LogP contribution in [-0.4, -0.2) is 37.5 Å². The molecule has 1 aliphatic rings. The molecule has 0 atom stereocenters. The first-order chi connectivity index (χ1) is 15.2. The zero-order valence-corrected chi connectivity index (χ0v) is 20.5. The Morgan fingerprint density at radius 3 is 2.16 bits per heavy atom. The van der Waals surface area contributed by atoms with Crippen molar-refractivity contribution in [3.8, 4) is 17.0 Å². The lowest BCUT2D eigenvalue weighted by atomic mass is 10.1. The average molecular weight is 472 g/mol. The van der Waals surface area contributed by atoms with Crippen molar-refractivity contribution in [3.05, 3.63) is 58.7 Å². The first-order valence-corrected chi connectivity index (χ1v) is 13.0. The molecule has 3 aromatic rings. The Morgan fingerprint density at radius 1 is 0.969 bits per heavy atom. The number of methoxy groups -OCH3 is 1. The third kappa shape index (κ3) is 4.53. The standard InChI is InChI=1S/C24H29N3O3S2/c1-24(2,3)27-22(17-31-23(27)25-19-9-11-20(30-4)12-10-19)18-7-13-21(14-8-18)32(28,29)26-15-5-6-16-26/h7-14,17H,5-6,15-16H2,1-4H3. The van der Waals surface area contributed by atoms with Crippen LogP contribution in [0.1, 0.15) is 33.6 Å². The molecule has 0 radical (unpaired) electrons. The van der Waals surface area contributed by atoms with Crippen molar-refractivity contribution < 1.29 is 13.2 Å². The summed E-state index contributed by atoms with van der Waals surface area (Å²) < 4.78 is 34.7. The van der Waals surface area contributed by atoms with Crippen LogP contribution in [0.2, 0.25) is 0 Å². The number of sulfonamides is 1. The van der Waals surface area contributed by atoms with Crippen LogP contribution in [0, 0.1) is 0 Å². The fourth-order valence-electron chi connectivity index (χ4n) is 3.88. The molecule has 2 aromatic carbocycles. The zero-order chi connectivity index (χ0) is 22.9. The lowest BCUT2D eigenvalue weighted by Gasteiger charge is -2.24. The second-order valence-corrected chi connectivity index (χ2v) is 11.6. The van der Waals surface area contributed by atoms with Crippen molar-refractivity contribution >= 4 is 27.0 Å². The number of rotatable bonds is 5. The minimum absolute atomic E-state index is 0.207. The SMILES string of the molecule is COc1ccc(N=c2scc(-c3ccc(S(=O)(=O)N4CCCC4)cc3)n2C(C)(C)C)cc1. The van der Waals surface area contributed by atoms with Gasteiger partial charge in [-0.25, -0.2) is 13.4 Å². The number of nitrogens with zero attached hydrogens (tertiary/aromatic N) is 3. The molecule has 6 nitrogen and oxygen atoms in total. The van der Waals surface area contributed by atoms with E-state index in [1.807, 2.05) is 36.4 Å². The molecular formula is C24H29N3O3S2. The number of hydrogen-bond acceptors (Lipinski definition) is 5. The predicted molar refractivity (Wildman–Crippen MR) is 129 cm³/mol. The van der Waals surface area contributed by atoms with E-state index < -0.39 is 10.0 Å². The summed E-state index contributed by atoms with van der Waals surface area (Å²) in [6, 6.07) is 14.9. The Kier molecular flexibility index (Phi) is 6.29. The molecule has 2 heterocycles. The number of hydrogen-bond donors (Lipinski definition) is 0. The first-order valence-electron chi connectivity index (χ1n) is 10.7. The molecule has 1 aliphatic heterocycles. The molecule has 1 fully saturated rings. The second-order valence-electron chi connectivity index (χ2n) is 8.86. The van der Waals surface area contributed by atoms with Crippen LogP contribution in [0.5, 0.6) is 5.75 Å². The van der Waals surface area contributed by atoms with Crippen LogP contribution in [-0.2, 0) is 15.6 Å². The molecule has 4 rings (SSSR count). The normalized spacial score (nSPS) is 15.9. The quantitative estimate of drug-likeness (QED) is 0.526. The molecule has 8 heteroatoms. The average Bonchev–Trinajstić information content (AvgIpc) is 3.45. The number of benzene rings is 2. The van der Waals surface area contributed by atoms with Crippen LogP contribution in [0.25, 0.3) is 11.3 Å². The monoisotopic (exact) mass is 471 g/mol. The summed E-state index contributed by atoms with van der Waals surface area (Å²) in [6.45, 7) is 7.64. The van der Waals surface area contributed by atoms with Gasteiger partial charge in [-0.05, 0) is 75.6 Å². The number of ether oxygens (including phenoxy) is 1. The Bertz CT molecular complexity index is 1240. The topological polar surface area (TPSA) is 63.9 Å². The number of aromatic nitrogens is 1. The van der Waals surface area contributed by atoms with Gasteiger partial charge in [0.05, 0.1) is 23.4 Å². The lowest BCUT2D eigenvalue weighted by Crippen LogP contribution is -2.31. The molecule has 0 spiro atoms. The highest BCUT2D eigenvalue weighted by Crippen LogP contribution is 2.29. The summed E-state index contributed by atoms with van der Waals surface area (Å²) in [5, 5.41) is 2.08. The van der Waals surface area contributed by atoms with Crippen LogP contribution in [0.4, 0.5) is 5.69 Å². The van der Waals surface area contributed by atoms with Crippen molar-refractivity contribution in [1.29, 1.82) is 0 Å². The van der Waals surface area contributed by atoms with Gasteiger partial charge >= 0.3 is 0 Å². The van der Waals surface area contributed by atoms with Crippen LogP contribution in [0.15, 0.2) is 63.8 Å². The largest absolute Gasteiger partial charge is 0.497 e. The van der Waals surface area contributed by atoms with Gasteiger partial charge in [0.2, 0.25) is 10.0 Å². The molecule has 0 N–H and O–H groups in total. The highest BCUT2D eigenvalue weighted by atomic mass is 32.2. The van der Waals surface area contributed by atoms with E-state index >= 15 is 0 Å². The molecule has 1 aromatic heterocycles. The Morgan fingerprint density at radius 2 is 1.59 bits per heavy atom. The summed E-state index contributed by atoms with van der Waals surface area (Å²) in [4.78, 5) is 6.09. The predicted octanol–water partition coefficient (Wildman–Crippen LogP) is 5.00. The summed E-state index contributed by atoms with van der Waals surface area (Å²) in [7, 11) is -1.77. The molecule has 170 valence electrons. The molecule has 0 saturated carbocycles. The lowest BCUT2D eigenvalue weighted by molar-refractivity contribution is 0.392. The van der Waals surface area contributed by atoms with Gasteiger partial charge in [-0.2, -0.15) is 4.31 Å². The molecule has 0 amide bonds. The van der Waals surface area contributed by atoms with E-state index in [-0.39, 0.29) is 5.54 Å². The van der Waals surface area contributed by atoms with Crippen molar-refractivity contribution in [3.63, 3.8) is 0 Å². The van der Waals surface area contributed by atoms with Crippen molar-refractivity contribution in [1.82, 2.24) is 8.87 Å². The minimum atomic E-state index is -3.42. The maximum atomic E-state index is 12.9. The van der Waals surface area contributed by atoms with Crippen LogP contribution in [0.3, 0.4) is 0 Å². The molecule has 0 bridgehead atoms. The van der Waals surface area contributed by atoms with E-state index in [4.69, 9.17) is 9.73 Å². The fraction of sp³-hybridized carbons (Fsp3) is 0.375. The summed E-state index contributed by atoms with van der Waals surface area (Å²) >= 11 is 1.57. The van der Waals surface area contributed by atoms with Crippen LogP contribution < -0.4 is 9.54 Å². The Labute approximate surface area is 193 Å². The van der Waals surface area contributed by atoms with Gasteiger partial charge < -0.3 is 9.30 Å². The van der Waals surface area contributed by atoms with Crippen molar-refractivity contribution in [2.75, 3.05) is 20.2 Å². The molecule has 0 unspecified atom stereocenters. The summed E-state index contributed by atoms with van der Waals surface area (Å²) in [5.41, 5.74) is 2.62. The minimum Gasteiger partial charge on any atom is -0.497 e. The third-order valence-corrected chi connectivity index (χ3v) is 8.27. The van der Waals surface area contributed by atoms with Gasteiger partial charge in [0, 0.05) is 24.0 Å². The van der Waals surface area contributed by atoms with E-state index in [0.29, 0.717) is 18.0 Å². The van der Waals surface area contributed by atoms with Crippen LogP contribution >= 0.6 is 11.3 Å². The van der Waals surface area contributed by atoms with Gasteiger partial charge in [0.1, 0.15) is 5.75 Å². The van der Waals surface area contributed by atoms with E-state index in [1.54, 1.807) is 34.9 Å². The number of thiazole rings is 1. The summed E-state index contributed by atoms with van der Waals surface area (Å²) in [5.74, 6) is 0.795. The third-order valence-electron chi connectivity index (χ3n) is 5.53. The first kappa shape index (κ1) is 22.8. The van der Waals surface area contributed by atoms with E-state index in [9.17, 15) is 8.42 Å². The van der Waals surface area contributed by atoms with Gasteiger partial charge in [-0.15, -0.1) is 11.3 Å². The zero-order valence-electron chi connectivity index (χ0n) is 18.9. The van der Waals surface area contributed by atoms with Crippen molar-refractivity contribution in [2.45, 2.75) is 44.0 Å². The maximum Gasteiger partial charge on any atom is 0.243 e. The Hall–Kier alpha value is -2.42. The highest BCUT2D eigenvalue weighted by Gasteiger charge is 2.27. The van der Waals surface area contributed by atoms with E-state index in [1.165, 1.54) is 0 Å². The van der Waals surface area contributed by atoms with Crippen molar-refractivity contribution in [2.24, 2.45) is 4.99 Å². The van der Waals surface area contributed by atoms with E-state index in [0.717, 1.165) is 40.3 Å². The Balaban J connectivity index is 1.73. The van der Waals surface area contributed by atoms with Gasteiger partial charge in [-0.3, -0.25) is 0 Å². The molecule has 1 saturated heterocycles. The maximum absolute atomic E-state index is 12.9. The second kappa shape index (κ2) is 8.84. The highest BCUT2D eigenvalue weighted by molar-refractivity contribution is 7.89. The molecular weight excluding hydrogens is 442 g/mol. The van der Waals surface area contributed by atoms with Gasteiger partial charge in [-0.1, -0.05) is 12.1 Å². The molecule has 0 aliphatic carbocycles. The summed E-state index contributed by atoms with van der Waals surface area (Å²) in [6.07, 6.45) is 1.86. The molecule has 32 heavy (non-hydrogen) atoms. The fourth-order valence-corrected chi connectivity index (χ4v) is 6.49. The van der Waals surface area contributed by atoms with Gasteiger partial charge in [0.25, 0.3) is 0 Å². The van der Waals surface area contributed by atoms with E-state index in [2.05, 4.69) is 30.7 Å². The van der Waals surface area contributed by atoms with Gasteiger partial charge in [0.15, 0.2) is 4.80 Å². The smallest absolute Gasteiger partial charge is 0.243 e.